The van der Waals surface area contributed by atoms with Gasteiger partial charge >= 0.3 is 5.97 Å². The van der Waals surface area contributed by atoms with Crippen LogP contribution in [0.5, 0.6) is 5.75 Å². The second-order valence-corrected chi connectivity index (χ2v) is 7.92. The Hall–Kier alpha value is -1.86. The number of benzene rings is 1. The molecular formula is C21H24ClNO4S. The van der Waals surface area contributed by atoms with Crippen LogP contribution in [0, 0.1) is 0 Å². The van der Waals surface area contributed by atoms with Gasteiger partial charge in [-0.05, 0) is 42.0 Å². The Labute approximate surface area is 174 Å². The predicted octanol–water partition coefficient (Wildman–Crippen LogP) is 3.58. The second-order valence-electron chi connectivity index (χ2n) is 7.01. The molecular weight excluding hydrogens is 398 g/mol. The van der Waals surface area contributed by atoms with Crippen LogP contribution in [0.25, 0.3) is 5.57 Å². The molecule has 28 heavy (non-hydrogen) atoms. The smallest absolute Gasteiger partial charge is 0.307 e. The third kappa shape index (κ3) is 4.25. The number of halogens is 1. The molecule has 1 aromatic heterocycles. The lowest BCUT2D eigenvalue weighted by Gasteiger charge is -2.29. The molecule has 0 bridgehead atoms. The van der Waals surface area contributed by atoms with Crippen molar-refractivity contribution in [3.8, 4) is 5.75 Å². The molecule has 1 aromatic carbocycles. The summed E-state index contributed by atoms with van der Waals surface area (Å²) in [5, 5.41) is 20.5. The Balaban J connectivity index is 0.00000225. The molecule has 2 aromatic rings. The molecule has 1 saturated heterocycles. The van der Waals surface area contributed by atoms with Crippen molar-refractivity contribution in [2.75, 3.05) is 26.2 Å². The molecule has 0 aliphatic carbocycles. The van der Waals surface area contributed by atoms with Crippen molar-refractivity contribution in [2.45, 2.75) is 25.9 Å². The molecule has 2 aliphatic rings. The first kappa shape index (κ1) is 20.9. The molecule has 1 fully saturated rings. The number of hydrogen-bond acceptors (Lipinski definition) is 5. The number of ether oxygens (including phenoxy) is 1. The zero-order chi connectivity index (χ0) is 18.8. The minimum atomic E-state index is -0.826. The van der Waals surface area contributed by atoms with Crippen molar-refractivity contribution >= 4 is 35.3 Å². The Morgan fingerprint density at radius 2 is 2.00 bits per heavy atom. The van der Waals surface area contributed by atoms with Crippen LogP contribution in [0.15, 0.2) is 35.2 Å². The average molecular weight is 422 g/mol. The van der Waals surface area contributed by atoms with E-state index < -0.39 is 5.97 Å². The van der Waals surface area contributed by atoms with Crippen LogP contribution in [0.1, 0.15) is 34.4 Å². The van der Waals surface area contributed by atoms with E-state index >= 15 is 0 Å². The van der Waals surface area contributed by atoms with Gasteiger partial charge in [0.1, 0.15) is 12.4 Å². The van der Waals surface area contributed by atoms with Crippen molar-refractivity contribution in [1.82, 2.24) is 4.90 Å². The van der Waals surface area contributed by atoms with Gasteiger partial charge in [-0.2, -0.15) is 0 Å². The lowest BCUT2D eigenvalue weighted by atomic mass is 9.90. The van der Waals surface area contributed by atoms with E-state index in [1.165, 1.54) is 21.6 Å². The Morgan fingerprint density at radius 1 is 1.21 bits per heavy atom. The van der Waals surface area contributed by atoms with Crippen molar-refractivity contribution in [2.24, 2.45) is 0 Å². The molecule has 4 rings (SSSR count). The van der Waals surface area contributed by atoms with Gasteiger partial charge < -0.3 is 19.8 Å². The van der Waals surface area contributed by atoms with Crippen LogP contribution in [-0.2, 0) is 17.8 Å². The van der Waals surface area contributed by atoms with E-state index in [0.29, 0.717) is 6.61 Å². The largest absolute Gasteiger partial charge is 0.488 e. The van der Waals surface area contributed by atoms with E-state index in [1.54, 1.807) is 11.3 Å². The molecule has 0 amide bonds. The predicted molar refractivity (Wildman–Crippen MR) is 112 cm³/mol. The fourth-order valence-electron chi connectivity index (χ4n) is 3.92. The number of nitrogens with zero attached hydrogens (tertiary/aromatic N) is 1. The molecule has 2 aliphatic heterocycles. The van der Waals surface area contributed by atoms with Gasteiger partial charge in [0.2, 0.25) is 0 Å². The number of likely N-dealkylation sites (tertiary alicyclic amines) is 1. The summed E-state index contributed by atoms with van der Waals surface area (Å²) in [6.07, 6.45) is 1.92. The highest BCUT2D eigenvalue weighted by molar-refractivity contribution is 7.11. The lowest BCUT2D eigenvalue weighted by molar-refractivity contribution is -0.136. The number of β-amino-alcohol motifs (C(OH)–C–C–N with tert-alkyl or cyclic N) is 1. The fourth-order valence-corrected chi connectivity index (χ4v) is 4.94. The monoisotopic (exact) mass is 421 g/mol. The van der Waals surface area contributed by atoms with Crippen LogP contribution >= 0.6 is 23.7 Å². The SMILES string of the molecule is Cl.O=C(O)Cc1ccc2c(c1)C(=C1CCN(CCO)CC1)c1sccc1CO2. The number of aliphatic carboxylic acids is 1. The summed E-state index contributed by atoms with van der Waals surface area (Å²) in [4.78, 5) is 14.7. The van der Waals surface area contributed by atoms with Gasteiger partial charge in [0, 0.05) is 41.2 Å². The lowest BCUT2D eigenvalue weighted by Crippen LogP contribution is -2.33. The highest BCUT2D eigenvalue weighted by atomic mass is 35.5. The minimum absolute atomic E-state index is 0. The van der Waals surface area contributed by atoms with Gasteiger partial charge in [-0.15, -0.1) is 23.7 Å². The Kier molecular flexibility index (Phi) is 6.78. The number of rotatable bonds is 4. The van der Waals surface area contributed by atoms with E-state index in [1.807, 2.05) is 18.2 Å². The van der Waals surface area contributed by atoms with Crippen molar-refractivity contribution in [3.05, 3.63) is 56.8 Å². The van der Waals surface area contributed by atoms with Gasteiger partial charge in [-0.1, -0.05) is 11.6 Å². The minimum Gasteiger partial charge on any atom is -0.488 e. The number of carboxylic acid groups (broad SMARTS) is 1. The second kappa shape index (κ2) is 9.09. The van der Waals surface area contributed by atoms with Crippen LogP contribution in [-0.4, -0.2) is 47.3 Å². The molecule has 3 heterocycles. The van der Waals surface area contributed by atoms with Crippen LogP contribution in [0.3, 0.4) is 0 Å². The van der Waals surface area contributed by atoms with E-state index in [-0.39, 0.29) is 25.4 Å². The van der Waals surface area contributed by atoms with Gasteiger partial charge in [-0.3, -0.25) is 4.79 Å². The molecule has 5 nitrogen and oxygen atoms in total. The number of fused-ring (bicyclic) bond motifs is 2. The fraction of sp³-hybridized carbons (Fsp3) is 0.381. The number of carbonyl (C=O) groups is 1. The summed E-state index contributed by atoms with van der Waals surface area (Å²) >= 11 is 1.73. The molecule has 0 spiro atoms. The zero-order valence-corrected chi connectivity index (χ0v) is 17.2. The number of aliphatic hydroxyl groups is 1. The van der Waals surface area contributed by atoms with Crippen LogP contribution in [0.4, 0.5) is 0 Å². The van der Waals surface area contributed by atoms with Gasteiger partial charge in [0.05, 0.1) is 13.0 Å². The molecule has 0 saturated carbocycles. The standard InChI is InChI=1S/C21H23NO4S.ClH/c23-9-8-22-6-3-15(4-7-22)20-17-11-14(12-19(24)25)1-2-18(17)26-13-16-5-10-27-21(16)20;/h1-2,5,10-11,23H,3-4,6-9,12-13H2,(H,24,25);1H. The maximum Gasteiger partial charge on any atom is 0.307 e. The number of thiophene rings is 1. The quantitative estimate of drug-likeness (QED) is 0.789. The highest BCUT2D eigenvalue weighted by Crippen LogP contribution is 2.43. The molecule has 0 radical (unpaired) electrons. The summed E-state index contributed by atoms with van der Waals surface area (Å²) < 4.78 is 6.06. The zero-order valence-electron chi connectivity index (χ0n) is 15.5. The van der Waals surface area contributed by atoms with Crippen molar-refractivity contribution in [3.63, 3.8) is 0 Å². The number of aliphatic hydroxyl groups excluding tert-OH is 1. The molecule has 150 valence electrons. The van der Waals surface area contributed by atoms with Gasteiger partial charge in [-0.25, -0.2) is 0 Å². The van der Waals surface area contributed by atoms with Gasteiger partial charge in [0.15, 0.2) is 0 Å². The Bertz CT molecular complexity index is 882. The summed E-state index contributed by atoms with van der Waals surface area (Å²) in [6.45, 7) is 3.32. The highest BCUT2D eigenvalue weighted by Gasteiger charge is 2.26. The summed E-state index contributed by atoms with van der Waals surface area (Å²) in [5.41, 5.74) is 5.62. The Morgan fingerprint density at radius 3 is 2.71 bits per heavy atom. The van der Waals surface area contributed by atoms with Crippen molar-refractivity contribution < 1.29 is 19.7 Å². The first-order valence-electron chi connectivity index (χ1n) is 9.25. The van der Waals surface area contributed by atoms with Crippen LogP contribution in [0.2, 0.25) is 0 Å². The maximum absolute atomic E-state index is 11.2. The van der Waals surface area contributed by atoms with E-state index in [0.717, 1.165) is 49.4 Å². The maximum atomic E-state index is 11.2. The third-order valence-electron chi connectivity index (χ3n) is 5.26. The summed E-state index contributed by atoms with van der Waals surface area (Å²) in [6, 6.07) is 7.86. The van der Waals surface area contributed by atoms with Gasteiger partial charge in [0.25, 0.3) is 0 Å². The van der Waals surface area contributed by atoms with E-state index in [4.69, 9.17) is 4.74 Å². The first-order valence-corrected chi connectivity index (χ1v) is 10.1. The van der Waals surface area contributed by atoms with E-state index in [9.17, 15) is 15.0 Å². The first-order chi connectivity index (χ1) is 13.2. The number of piperidine rings is 1. The normalized spacial score (nSPS) is 16.5. The molecule has 0 atom stereocenters. The summed E-state index contributed by atoms with van der Waals surface area (Å²) in [7, 11) is 0. The van der Waals surface area contributed by atoms with E-state index in [2.05, 4.69) is 16.3 Å². The number of carboxylic acids is 1. The number of hydrogen-bond donors (Lipinski definition) is 2. The molecule has 7 heteroatoms. The van der Waals surface area contributed by atoms with Crippen LogP contribution < -0.4 is 4.74 Å². The van der Waals surface area contributed by atoms with Crippen molar-refractivity contribution in [1.29, 1.82) is 0 Å². The third-order valence-corrected chi connectivity index (χ3v) is 6.23. The molecule has 2 N–H and O–H groups in total. The average Bonchev–Trinajstić information content (AvgIpc) is 3.05. The molecule has 0 unspecified atom stereocenters. The summed E-state index contributed by atoms with van der Waals surface area (Å²) in [5.74, 6) is 0.000597. The topological polar surface area (TPSA) is 70.0 Å².